The molecule has 3 rings (SSSR count). The molecule has 100 valence electrons. The highest BCUT2D eigenvalue weighted by Gasteiger charge is 2.40. The smallest absolute Gasteiger partial charge is 0.182 e. The molecule has 1 fully saturated rings. The number of hydrogen-bond acceptors (Lipinski definition) is 4. The number of nitrogens with two attached hydrogens (primary N) is 1. The summed E-state index contributed by atoms with van der Waals surface area (Å²) < 4.78 is 15.1. The lowest BCUT2D eigenvalue weighted by atomic mass is 9.75. The van der Waals surface area contributed by atoms with Crippen LogP contribution in [-0.4, -0.2) is 20.2 Å². The Morgan fingerprint density at radius 1 is 1.42 bits per heavy atom. The summed E-state index contributed by atoms with van der Waals surface area (Å²) in [4.78, 5) is 0. The van der Waals surface area contributed by atoms with E-state index in [1.165, 1.54) is 12.5 Å². The first-order valence-electron chi connectivity index (χ1n) is 6.50. The number of nitrogen functional groups attached to an aromatic ring is 1. The topological polar surface area (TPSA) is 69.6 Å². The molecule has 1 aliphatic rings. The summed E-state index contributed by atoms with van der Waals surface area (Å²) in [5.74, 6) is 0.241. The molecule has 19 heavy (non-hydrogen) atoms. The van der Waals surface area contributed by atoms with Gasteiger partial charge in [0.1, 0.15) is 5.82 Å². The van der Waals surface area contributed by atoms with Gasteiger partial charge in [-0.05, 0) is 54.3 Å². The van der Waals surface area contributed by atoms with Crippen LogP contribution in [0.4, 0.5) is 10.1 Å². The molecule has 0 amide bonds. The average Bonchev–Trinajstić information content (AvgIpc) is 2.82. The normalized spacial score (nSPS) is 17.2. The summed E-state index contributed by atoms with van der Waals surface area (Å²) in [7, 11) is 0. The van der Waals surface area contributed by atoms with Crippen LogP contribution < -0.4 is 5.73 Å². The van der Waals surface area contributed by atoms with E-state index in [0.29, 0.717) is 5.82 Å². The number of rotatable bonds is 3. The summed E-state index contributed by atoms with van der Waals surface area (Å²) in [5, 5.41) is 12.0. The van der Waals surface area contributed by atoms with Gasteiger partial charge in [-0.2, -0.15) is 0 Å². The van der Waals surface area contributed by atoms with Gasteiger partial charge in [-0.25, -0.2) is 9.07 Å². The van der Waals surface area contributed by atoms with Crippen molar-refractivity contribution in [2.45, 2.75) is 38.1 Å². The molecule has 2 aromatic rings. The van der Waals surface area contributed by atoms with E-state index >= 15 is 0 Å². The summed E-state index contributed by atoms with van der Waals surface area (Å²) in [5.41, 5.74) is 6.50. The van der Waals surface area contributed by atoms with Gasteiger partial charge in [0.25, 0.3) is 0 Å². The van der Waals surface area contributed by atoms with Crippen LogP contribution >= 0.6 is 0 Å². The van der Waals surface area contributed by atoms with E-state index in [9.17, 15) is 4.39 Å². The summed E-state index contributed by atoms with van der Waals surface area (Å²) in [6.07, 6.45) is 4.34. The number of nitrogens with zero attached hydrogens (tertiary/aromatic N) is 4. The standard InChI is InChI=1S/C13H16FN5/c1-2-13(6-3-7-13)19-12(16-17-18-19)9-4-5-10(14)11(15)8-9/h4-5,8H,2-3,6-7,15H2,1H3. The lowest BCUT2D eigenvalue weighted by molar-refractivity contribution is 0.118. The second-order valence-electron chi connectivity index (χ2n) is 5.08. The fraction of sp³-hybridized carbons (Fsp3) is 0.462. The predicted octanol–water partition coefficient (Wildman–Crippen LogP) is 2.35. The first kappa shape index (κ1) is 12.1. The van der Waals surface area contributed by atoms with E-state index in [1.54, 1.807) is 12.1 Å². The Hall–Kier alpha value is -1.98. The lowest BCUT2D eigenvalue weighted by Crippen LogP contribution is -2.41. The molecule has 0 saturated heterocycles. The maximum Gasteiger partial charge on any atom is 0.182 e. The van der Waals surface area contributed by atoms with Gasteiger partial charge in [-0.3, -0.25) is 0 Å². The Morgan fingerprint density at radius 3 is 2.79 bits per heavy atom. The van der Waals surface area contributed by atoms with Crippen molar-refractivity contribution in [3.05, 3.63) is 24.0 Å². The van der Waals surface area contributed by atoms with Gasteiger partial charge in [0.15, 0.2) is 5.82 Å². The number of aromatic nitrogens is 4. The molecule has 5 nitrogen and oxygen atoms in total. The Balaban J connectivity index is 2.06. The Kier molecular flexibility index (Phi) is 2.73. The minimum atomic E-state index is -0.420. The highest BCUT2D eigenvalue weighted by atomic mass is 19.1. The number of halogens is 1. The molecule has 0 unspecified atom stereocenters. The molecular weight excluding hydrogens is 245 g/mol. The number of benzene rings is 1. The molecule has 2 N–H and O–H groups in total. The Labute approximate surface area is 110 Å². The first-order chi connectivity index (χ1) is 9.16. The molecule has 1 heterocycles. The third kappa shape index (κ3) is 1.78. The molecule has 0 radical (unpaired) electrons. The van der Waals surface area contributed by atoms with Crippen molar-refractivity contribution in [2.75, 3.05) is 5.73 Å². The average molecular weight is 261 g/mol. The Bertz CT molecular complexity index is 597. The van der Waals surface area contributed by atoms with E-state index in [-0.39, 0.29) is 11.2 Å². The van der Waals surface area contributed by atoms with Gasteiger partial charge < -0.3 is 5.73 Å². The van der Waals surface area contributed by atoms with Crippen LogP contribution in [-0.2, 0) is 5.54 Å². The summed E-state index contributed by atoms with van der Waals surface area (Å²) in [6.45, 7) is 2.14. The first-order valence-corrected chi connectivity index (χ1v) is 6.50. The van der Waals surface area contributed by atoms with Gasteiger partial charge in [-0.15, -0.1) is 5.10 Å². The minimum absolute atomic E-state index is 0.0159. The van der Waals surface area contributed by atoms with Crippen LogP contribution in [0.2, 0.25) is 0 Å². The molecule has 0 aliphatic heterocycles. The molecule has 1 aromatic carbocycles. The van der Waals surface area contributed by atoms with Crippen LogP contribution in [0, 0.1) is 5.82 Å². The van der Waals surface area contributed by atoms with Gasteiger partial charge >= 0.3 is 0 Å². The quantitative estimate of drug-likeness (QED) is 0.861. The van der Waals surface area contributed by atoms with E-state index in [0.717, 1.165) is 24.8 Å². The highest BCUT2D eigenvalue weighted by Crippen LogP contribution is 2.43. The molecule has 1 saturated carbocycles. The molecule has 6 heteroatoms. The van der Waals surface area contributed by atoms with Crippen molar-refractivity contribution in [2.24, 2.45) is 0 Å². The van der Waals surface area contributed by atoms with Crippen molar-refractivity contribution in [1.82, 2.24) is 20.2 Å². The number of anilines is 1. The predicted molar refractivity (Wildman–Crippen MR) is 69.7 cm³/mol. The van der Waals surface area contributed by atoms with Gasteiger partial charge in [0, 0.05) is 5.56 Å². The van der Waals surface area contributed by atoms with Gasteiger partial charge in [0.05, 0.1) is 11.2 Å². The summed E-state index contributed by atoms with van der Waals surface area (Å²) >= 11 is 0. The van der Waals surface area contributed by atoms with Crippen LogP contribution in [0.3, 0.4) is 0 Å². The van der Waals surface area contributed by atoms with E-state index in [1.807, 2.05) is 4.68 Å². The van der Waals surface area contributed by atoms with Crippen molar-refractivity contribution in [3.63, 3.8) is 0 Å². The number of tetrazole rings is 1. The minimum Gasteiger partial charge on any atom is -0.396 e. The second kappa shape index (κ2) is 4.29. The molecule has 1 aromatic heterocycles. The monoisotopic (exact) mass is 261 g/mol. The fourth-order valence-corrected chi connectivity index (χ4v) is 2.67. The van der Waals surface area contributed by atoms with E-state index in [2.05, 4.69) is 22.4 Å². The Morgan fingerprint density at radius 2 is 2.21 bits per heavy atom. The fourth-order valence-electron chi connectivity index (χ4n) is 2.67. The maximum absolute atomic E-state index is 13.2. The zero-order valence-corrected chi connectivity index (χ0v) is 10.8. The van der Waals surface area contributed by atoms with Gasteiger partial charge in [0.2, 0.25) is 0 Å². The van der Waals surface area contributed by atoms with E-state index in [4.69, 9.17) is 5.73 Å². The van der Waals surface area contributed by atoms with Crippen LogP contribution in [0.1, 0.15) is 32.6 Å². The summed E-state index contributed by atoms with van der Waals surface area (Å²) in [6, 6.07) is 4.60. The second-order valence-corrected chi connectivity index (χ2v) is 5.08. The lowest BCUT2D eigenvalue weighted by Gasteiger charge is -2.41. The van der Waals surface area contributed by atoms with Crippen molar-refractivity contribution in [1.29, 1.82) is 0 Å². The highest BCUT2D eigenvalue weighted by molar-refractivity contribution is 5.61. The van der Waals surface area contributed by atoms with Crippen LogP contribution in [0.5, 0.6) is 0 Å². The van der Waals surface area contributed by atoms with Crippen LogP contribution in [0.25, 0.3) is 11.4 Å². The SMILES string of the molecule is CCC1(n2nnnc2-c2ccc(F)c(N)c2)CCC1. The van der Waals surface area contributed by atoms with E-state index < -0.39 is 5.82 Å². The van der Waals surface area contributed by atoms with Crippen molar-refractivity contribution < 1.29 is 4.39 Å². The third-order valence-electron chi connectivity index (χ3n) is 4.12. The molecule has 0 bridgehead atoms. The largest absolute Gasteiger partial charge is 0.396 e. The van der Waals surface area contributed by atoms with Crippen molar-refractivity contribution >= 4 is 5.69 Å². The van der Waals surface area contributed by atoms with Crippen LogP contribution in [0.15, 0.2) is 18.2 Å². The molecule has 0 spiro atoms. The molecule has 0 atom stereocenters. The van der Waals surface area contributed by atoms with Crippen molar-refractivity contribution in [3.8, 4) is 11.4 Å². The number of hydrogen-bond donors (Lipinski definition) is 1. The molecular formula is C13H16FN5. The third-order valence-corrected chi connectivity index (χ3v) is 4.12. The van der Waals surface area contributed by atoms with Gasteiger partial charge in [-0.1, -0.05) is 6.92 Å². The zero-order valence-electron chi connectivity index (χ0n) is 10.8. The zero-order chi connectivity index (χ0) is 13.5. The molecule has 1 aliphatic carbocycles. The maximum atomic E-state index is 13.2.